The molecular weight excluding hydrogens is 156 g/mol. The lowest BCUT2D eigenvalue weighted by molar-refractivity contribution is 1.26. The van der Waals surface area contributed by atoms with Crippen LogP contribution in [0.1, 0.15) is 17.5 Å². The molecule has 0 nitrogen and oxygen atoms in total. The van der Waals surface area contributed by atoms with Gasteiger partial charge in [0.15, 0.2) is 0 Å². The highest BCUT2D eigenvalue weighted by molar-refractivity contribution is 5.76. The molecule has 1 aliphatic rings. The molecule has 1 aromatic rings. The van der Waals surface area contributed by atoms with Crippen molar-refractivity contribution in [1.82, 2.24) is 0 Å². The molecule has 0 saturated carbocycles. The zero-order valence-electron chi connectivity index (χ0n) is 7.83. The Bertz CT molecular complexity index is 356. The fourth-order valence-corrected chi connectivity index (χ4v) is 1.61. The lowest BCUT2D eigenvalue weighted by Gasteiger charge is -2.11. The molecule has 0 heterocycles. The Morgan fingerprint density at radius 1 is 1.15 bits per heavy atom. The number of hydrogen-bond donors (Lipinski definition) is 0. The fraction of sp³-hybridized carbons (Fsp3) is 0.154. The second kappa shape index (κ2) is 3.61. The SMILES string of the molecule is Cc1ccccc1C1=CC=CC[CH]1. The first-order valence-electron chi connectivity index (χ1n) is 4.64. The van der Waals surface area contributed by atoms with E-state index in [1.807, 2.05) is 0 Å². The molecule has 0 heteroatoms. The first kappa shape index (κ1) is 8.31. The van der Waals surface area contributed by atoms with Gasteiger partial charge in [-0.3, -0.25) is 0 Å². The van der Waals surface area contributed by atoms with E-state index in [9.17, 15) is 0 Å². The van der Waals surface area contributed by atoms with Crippen LogP contribution < -0.4 is 0 Å². The first-order valence-corrected chi connectivity index (χ1v) is 4.64. The molecule has 0 spiro atoms. The quantitative estimate of drug-likeness (QED) is 0.603. The summed E-state index contributed by atoms with van der Waals surface area (Å²) >= 11 is 0. The van der Waals surface area contributed by atoms with Crippen molar-refractivity contribution in [1.29, 1.82) is 0 Å². The number of aryl methyl sites for hydroxylation is 1. The zero-order valence-corrected chi connectivity index (χ0v) is 7.83. The van der Waals surface area contributed by atoms with Crippen molar-refractivity contribution in [3.05, 3.63) is 60.0 Å². The summed E-state index contributed by atoms with van der Waals surface area (Å²) in [6.45, 7) is 2.16. The molecule has 0 atom stereocenters. The average molecular weight is 169 g/mol. The number of allylic oxidation sites excluding steroid dienone is 4. The molecule has 0 N–H and O–H groups in total. The van der Waals surface area contributed by atoms with Gasteiger partial charge in [-0.2, -0.15) is 0 Å². The second-order valence-electron chi connectivity index (χ2n) is 3.30. The Labute approximate surface area is 79.6 Å². The molecule has 2 rings (SSSR count). The standard InChI is InChI=1S/C13H13/c1-11-7-5-6-10-13(11)12-8-3-2-4-9-12/h2-3,5-10H,4H2,1H3. The van der Waals surface area contributed by atoms with Crippen LogP contribution in [0.15, 0.2) is 42.5 Å². The molecule has 0 unspecified atom stereocenters. The Morgan fingerprint density at radius 2 is 2.00 bits per heavy atom. The maximum atomic E-state index is 2.27. The third kappa shape index (κ3) is 1.72. The van der Waals surface area contributed by atoms with Gasteiger partial charge < -0.3 is 0 Å². The Balaban J connectivity index is 2.40. The average Bonchev–Trinajstić information content (AvgIpc) is 2.20. The highest BCUT2D eigenvalue weighted by Gasteiger charge is 2.04. The highest BCUT2D eigenvalue weighted by Crippen LogP contribution is 2.24. The Kier molecular flexibility index (Phi) is 2.31. The second-order valence-corrected chi connectivity index (χ2v) is 3.30. The highest BCUT2D eigenvalue weighted by atomic mass is 14.1. The number of hydrogen-bond acceptors (Lipinski definition) is 0. The lowest BCUT2D eigenvalue weighted by Crippen LogP contribution is -1.91. The molecule has 13 heavy (non-hydrogen) atoms. The number of rotatable bonds is 1. The monoisotopic (exact) mass is 169 g/mol. The van der Waals surface area contributed by atoms with Gasteiger partial charge >= 0.3 is 0 Å². The molecule has 0 saturated heterocycles. The van der Waals surface area contributed by atoms with E-state index in [0.717, 1.165) is 6.42 Å². The summed E-state index contributed by atoms with van der Waals surface area (Å²) in [5.74, 6) is 0. The van der Waals surface area contributed by atoms with Crippen molar-refractivity contribution in [2.24, 2.45) is 0 Å². The van der Waals surface area contributed by atoms with Crippen LogP contribution in [-0.2, 0) is 0 Å². The van der Waals surface area contributed by atoms with Crippen LogP contribution in [0.5, 0.6) is 0 Å². The van der Waals surface area contributed by atoms with E-state index in [-0.39, 0.29) is 0 Å². The zero-order chi connectivity index (χ0) is 9.10. The van der Waals surface area contributed by atoms with Crippen LogP contribution in [0.25, 0.3) is 5.57 Å². The van der Waals surface area contributed by atoms with Crippen LogP contribution in [-0.4, -0.2) is 0 Å². The normalized spacial score (nSPS) is 15.6. The minimum Gasteiger partial charge on any atom is -0.0839 e. The van der Waals surface area contributed by atoms with Crippen LogP contribution in [0.2, 0.25) is 0 Å². The largest absolute Gasteiger partial charge is 0.0839 e. The van der Waals surface area contributed by atoms with Crippen molar-refractivity contribution in [2.75, 3.05) is 0 Å². The van der Waals surface area contributed by atoms with Crippen molar-refractivity contribution in [3.8, 4) is 0 Å². The molecule has 0 aliphatic heterocycles. The van der Waals surface area contributed by atoms with Crippen LogP contribution in [0.4, 0.5) is 0 Å². The molecule has 65 valence electrons. The smallest absolute Gasteiger partial charge is 0.00492 e. The summed E-state index contributed by atoms with van der Waals surface area (Å²) in [4.78, 5) is 0. The predicted molar refractivity (Wildman–Crippen MR) is 57.2 cm³/mol. The molecule has 1 aromatic carbocycles. The summed E-state index contributed by atoms with van der Waals surface area (Å²) < 4.78 is 0. The molecule has 0 amide bonds. The Morgan fingerprint density at radius 3 is 2.69 bits per heavy atom. The van der Waals surface area contributed by atoms with Crippen molar-refractivity contribution >= 4 is 5.57 Å². The predicted octanol–water partition coefficient (Wildman–Crippen LogP) is 3.54. The van der Waals surface area contributed by atoms with E-state index < -0.39 is 0 Å². The summed E-state index contributed by atoms with van der Waals surface area (Å²) in [5.41, 5.74) is 4.05. The van der Waals surface area contributed by atoms with Gasteiger partial charge in [-0.05, 0) is 36.5 Å². The van der Waals surface area contributed by atoms with E-state index in [0.29, 0.717) is 0 Å². The lowest BCUT2D eigenvalue weighted by atomic mass is 9.94. The van der Waals surface area contributed by atoms with E-state index >= 15 is 0 Å². The van der Waals surface area contributed by atoms with E-state index in [2.05, 4.69) is 55.8 Å². The van der Waals surface area contributed by atoms with Gasteiger partial charge in [0.25, 0.3) is 0 Å². The molecule has 0 aromatic heterocycles. The van der Waals surface area contributed by atoms with Gasteiger partial charge in [0.2, 0.25) is 0 Å². The van der Waals surface area contributed by atoms with Crippen LogP contribution in [0, 0.1) is 13.3 Å². The van der Waals surface area contributed by atoms with Gasteiger partial charge in [-0.25, -0.2) is 0 Å². The van der Waals surface area contributed by atoms with E-state index in [4.69, 9.17) is 0 Å². The summed E-state index contributed by atoms with van der Waals surface area (Å²) in [5, 5.41) is 0. The summed E-state index contributed by atoms with van der Waals surface area (Å²) in [7, 11) is 0. The first-order chi connectivity index (χ1) is 6.38. The maximum Gasteiger partial charge on any atom is -0.00492 e. The third-order valence-corrected chi connectivity index (χ3v) is 2.34. The minimum absolute atomic E-state index is 1.06. The van der Waals surface area contributed by atoms with E-state index in [1.165, 1.54) is 16.7 Å². The number of benzene rings is 1. The molecule has 1 aliphatic carbocycles. The van der Waals surface area contributed by atoms with Crippen LogP contribution >= 0.6 is 0 Å². The summed E-state index contributed by atoms with van der Waals surface area (Å²) in [6, 6.07) is 8.51. The molecule has 1 radical (unpaired) electrons. The van der Waals surface area contributed by atoms with Gasteiger partial charge in [-0.15, -0.1) is 0 Å². The van der Waals surface area contributed by atoms with Gasteiger partial charge in [-0.1, -0.05) is 42.5 Å². The molecule has 0 fully saturated rings. The molecular formula is C13H13. The fourth-order valence-electron chi connectivity index (χ4n) is 1.61. The van der Waals surface area contributed by atoms with E-state index in [1.54, 1.807) is 0 Å². The van der Waals surface area contributed by atoms with Crippen molar-refractivity contribution in [2.45, 2.75) is 13.3 Å². The third-order valence-electron chi connectivity index (χ3n) is 2.34. The van der Waals surface area contributed by atoms with Gasteiger partial charge in [0.05, 0.1) is 0 Å². The topological polar surface area (TPSA) is 0 Å². The molecule has 0 bridgehead atoms. The van der Waals surface area contributed by atoms with Crippen LogP contribution in [0.3, 0.4) is 0 Å². The Hall–Kier alpha value is -1.30. The minimum atomic E-state index is 1.06. The summed E-state index contributed by atoms with van der Waals surface area (Å²) in [6.07, 6.45) is 9.79. The maximum absolute atomic E-state index is 2.27. The van der Waals surface area contributed by atoms with Gasteiger partial charge in [0.1, 0.15) is 0 Å². The van der Waals surface area contributed by atoms with Crippen molar-refractivity contribution < 1.29 is 0 Å². The van der Waals surface area contributed by atoms with Gasteiger partial charge in [0, 0.05) is 0 Å². The van der Waals surface area contributed by atoms with Crippen molar-refractivity contribution in [3.63, 3.8) is 0 Å².